The van der Waals surface area contributed by atoms with Gasteiger partial charge in [0, 0.05) is 18.3 Å². The molecule has 1 aromatic rings. The number of anilines is 1. The van der Waals surface area contributed by atoms with Crippen LogP contribution in [0.2, 0.25) is 0 Å². The van der Waals surface area contributed by atoms with Crippen molar-refractivity contribution < 1.29 is 4.79 Å². The Labute approximate surface area is 83.6 Å². The first-order valence-electron chi connectivity index (χ1n) is 4.54. The van der Waals surface area contributed by atoms with Crippen LogP contribution in [-0.2, 0) is 4.79 Å². The molecule has 3 nitrogen and oxygen atoms in total. The van der Waals surface area contributed by atoms with Crippen LogP contribution in [-0.4, -0.2) is 12.5 Å². The summed E-state index contributed by atoms with van der Waals surface area (Å²) < 4.78 is 0. The SMILES string of the molecule is CCNC(=O)/C=C/c1cccc(N)c1. The molecule has 74 valence electrons. The third kappa shape index (κ3) is 3.31. The predicted octanol–water partition coefficient (Wildman–Crippen LogP) is 1.42. The summed E-state index contributed by atoms with van der Waals surface area (Å²) in [4.78, 5) is 11.1. The largest absolute Gasteiger partial charge is 0.399 e. The second-order valence-corrected chi connectivity index (χ2v) is 2.90. The summed E-state index contributed by atoms with van der Waals surface area (Å²) in [6.45, 7) is 2.52. The summed E-state index contributed by atoms with van der Waals surface area (Å²) in [6.07, 6.45) is 3.24. The predicted molar refractivity (Wildman–Crippen MR) is 58.6 cm³/mol. The minimum absolute atomic E-state index is 0.0880. The average molecular weight is 190 g/mol. The van der Waals surface area contributed by atoms with Crippen molar-refractivity contribution in [1.82, 2.24) is 5.32 Å². The quantitative estimate of drug-likeness (QED) is 0.559. The van der Waals surface area contributed by atoms with Crippen LogP contribution >= 0.6 is 0 Å². The van der Waals surface area contributed by atoms with Crippen molar-refractivity contribution in [1.29, 1.82) is 0 Å². The Kier molecular flexibility index (Phi) is 3.73. The molecule has 1 aromatic carbocycles. The van der Waals surface area contributed by atoms with Crippen LogP contribution in [0.25, 0.3) is 6.08 Å². The Bertz CT molecular complexity index is 345. The minimum atomic E-state index is -0.0880. The Morgan fingerprint density at radius 1 is 1.57 bits per heavy atom. The molecule has 0 saturated heterocycles. The topological polar surface area (TPSA) is 55.1 Å². The van der Waals surface area contributed by atoms with E-state index in [9.17, 15) is 4.79 Å². The molecular weight excluding hydrogens is 176 g/mol. The highest BCUT2D eigenvalue weighted by atomic mass is 16.1. The molecule has 0 bridgehead atoms. The number of carbonyl (C=O) groups excluding carboxylic acids is 1. The second-order valence-electron chi connectivity index (χ2n) is 2.90. The molecule has 0 aliphatic heterocycles. The van der Waals surface area contributed by atoms with Gasteiger partial charge in [0.2, 0.25) is 5.91 Å². The Morgan fingerprint density at radius 3 is 3.00 bits per heavy atom. The van der Waals surface area contributed by atoms with Crippen LogP contribution in [0.4, 0.5) is 5.69 Å². The van der Waals surface area contributed by atoms with Crippen molar-refractivity contribution >= 4 is 17.7 Å². The maximum absolute atomic E-state index is 11.1. The molecule has 0 radical (unpaired) electrons. The molecule has 0 saturated carbocycles. The maximum atomic E-state index is 11.1. The molecule has 1 rings (SSSR count). The van der Waals surface area contributed by atoms with E-state index in [0.717, 1.165) is 5.56 Å². The van der Waals surface area contributed by atoms with Crippen molar-refractivity contribution in [3.63, 3.8) is 0 Å². The van der Waals surface area contributed by atoms with Crippen molar-refractivity contribution in [2.24, 2.45) is 0 Å². The molecule has 14 heavy (non-hydrogen) atoms. The van der Waals surface area contributed by atoms with E-state index in [4.69, 9.17) is 5.73 Å². The highest BCUT2D eigenvalue weighted by Gasteiger charge is 1.91. The van der Waals surface area contributed by atoms with E-state index in [1.807, 2.05) is 31.2 Å². The molecule has 0 fully saturated rings. The van der Waals surface area contributed by atoms with Crippen molar-refractivity contribution in [3.05, 3.63) is 35.9 Å². The number of nitrogen functional groups attached to an aromatic ring is 1. The third-order valence-corrected chi connectivity index (χ3v) is 1.69. The zero-order valence-electron chi connectivity index (χ0n) is 8.16. The van der Waals surface area contributed by atoms with Gasteiger partial charge < -0.3 is 11.1 Å². The fourth-order valence-electron chi connectivity index (χ4n) is 1.07. The molecule has 0 aliphatic rings. The highest BCUT2D eigenvalue weighted by molar-refractivity contribution is 5.91. The summed E-state index contributed by atoms with van der Waals surface area (Å²) in [5, 5.41) is 2.67. The van der Waals surface area contributed by atoms with Gasteiger partial charge in [0.05, 0.1) is 0 Å². The lowest BCUT2D eigenvalue weighted by atomic mass is 10.2. The summed E-state index contributed by atoms with van der Waals surface area (Å²) in [5.74, 6) is -0.0880. The maximum Gasteiger partial charge on any atom is 0.243 e. The number of rotatable bonds is 3. The number of hydrogen-bond donors (Lipinski definition) is 2. The van der Waals surface area contributed by atoms with Gasteiger partial charge in [-0.2, -0.15) is 0 Å². The molecule has 0 spiro atoms. The van der Waals surface area contributed by atoms with Crippen LogP contribution in [0.15, 0.2) is 30.3 Å². The van der Waals surface area contributed by atoms with E-state index in [0.29, 0.717) is 12.2 Å². The first-order chi connectivity index (χ1) is 6.72. The number of nitrogens with one attached hydrogen (secondary N) is 1. The number of likely N-dealkylation sites (N-methyl/N-ethyl adjacent to an activating group) is 1. The Hall–Kier alpha value is -1.77. The summed E-state index contributed by atoms with van der Waals surface area (Å²) in [5.41, 5.74) is 7.21. The van der Waals surface area contributed by atoms with Crippen molar-refractivity contribution in [2.45, 2.75) is 6.92 Å². The van der Waals surface area contributed by atoms with Crippen molar-refractivity contribution in [3.8, 4) is 0 Å². The molecule has 0 atom stereocenters. The smallest absolute Gasteiger partial charge is 0.243 e. The van der Waals surface area contributed by atoms with Gasteiger partial charge in [0.25, 0.3) is 0 Å². The van der Waals surface area contributed by atoms with E-state index < -0.39 is 0 Å². The van der Waals surface area contributed by atoms with Gasteiger partial charge in [0.1, 0.15) is 0 Å². The van der Waals surface area contributed by atoms with Gasteiger partial charge in [-0.05, 0) is 30.7 Å². The standard InChI is InChI=1S/C11H14N2O/c1-2-13-11(14)7-6-9-4-3-5-10(12)8-9/h3-8H,2,12H2,1H3,(H,13,14)/b7-6+. The number of nitrogens with two attached hydrogens (primary N) is 1. The summed E-state index contributed by atoms with van der Waals surface area (Å²) >= 11 is 0. The number of benzene rings is 1. The molecule has 3 heteroatoms. The van der Waals surface area contributed by atoms with Gasteiger partial charge >= 0.3 is 0 Å². The fourth-order valence-corrected chi connectivity index (χ4v) is 1.07. The third-order valence-electron chi connectivity index (χ3n) is 1.69. The van der Waals surface area contributed by atoms with E-state index in [-0.39, 0.29) is 5.91 Å². The molecule has 0 heterocycles. The lowest BCUT2D eigenvalue weighted by Crippen LogP contribution is -2.19. The lowest BCUT2D eigenvalue weighted by molar-refractivity contribution is -0.116. The van der Waals surface area contributed by atoms with Gasteiger partial charge in [-0.3, -0.25) is 4.79 Å². The zero-order chi connectivity index (χ0) is 10.4. The van der Waals surface area contributed by atoms with E-state index in [2.05, 4.69) is 5.32 Å². The van der Waals surface area contributed by atoms with Crippen molar-refractivity contribution in [2.75, 3.05) is 12.3 Å². The molecular formula is C11H14N2O. The van der Waals surface area contributed by atoms with Crippen LogP contribution in [0, 0.1) is 0 Å². The highest BCUT2D eigenvalue weighted by Crippen LogP contribution is 2.07. The molecule has 3 N–H and O–H groups in total. The normalized spacial score (nSPS) is 10.4. The minimum Gasteiger partial charge on any atom is -0.399 e. The molecule has 1 amide bonds. The van der Waals surface area contributed by atoms with Gasteiger partial charge in [-0.1, -0.05) is 12.1 Å². The first kappa shape index (κ1) is 10.3. The first-order valence-corrected chi connectivity index (χ1v) is 4.54. The van der Waals surface area contributed by atoms with Crippen LogP contribution < -0.4 is 11.1 Å². The second kappa shape index (κ2) is 5.07. The van der Waals surface area contributed by atoms with Gasteiger partial charge in [0.15, 0.2) is 0 Å². The van der Waals surface area contributed by atoms with E-state index in [1.54, 1.807) is 6.08 Å². The van der Waals surface area contributed by atoms with Crippen LogP contribution in [0.5, 0.6) is 0 Å². The molecule has 0 aliphatic carbocycles. The van der Waals surface area contributed by atoms with Gasteiger partial charge in [-0.25, -0.2) is 0 Å². The fraction of sp³-hybridized carbons (Fsp3) is 0.182. The summed E-state index contributed by atoms with van der Waals surface area (Å²) in [7, 11) is 0. The number of amides is 1. The van der Waals surface area contributed by atoms with E-state index >= 15 is 0 Å². The zero-order valence-corrected chi connectivity index (χ0v) is 8.16. The van der Waals surface area contributed by atoms with E-state index in [1.165, 1.54) is 6.08 Å². The van der Waals surface area contributed by atoms with Gasteiger partial charge in [-0.15, -0.1) is 0 Å². The number of hydrogen-bond acceptors (Lipinski definition) is 2. The monoisotopic (exact) mass is 190 g/mol. The summed E-state index contributed by atoms with van der Waals surface area (Å²) in [6, 6.07) is 7.37. The Balaban J connectivity index is 2.64. The molecule has 0 unspecified atom stereocenters. The van der Waals surface area contributed by atoms with Crippen LogP contribution in [0.1, 0.15) is 12.5 Å². The molecule has 0 aromatic heterocycles. The van der Waals surface area contributed by atoms with Crippen LogP contribution in [0.3, 0.4) is 0 Å². The lowest BCUT2D eigenvalue weighted by Gasteiger charge is -1.96. The average Bonchev–Trinajstić information content (AvgIpc) is 2.15. The Morgan fingerprint density at radius 2 is 2.36 bits per heavy atom. The number of carbonyl (C=O) groups is 1.